The summed E-state index contributed by atoms with van der Waals surface area (Å²) >= 11 is 4.37. The number of hydrogen-bond donors (Lipinski definition) is 1. The van der Waals surface area contributed by atoms with Crippen LogP contribution in [0.2, 0.25) is 0 Å². The van der Waals surface area contributed by atoms with E-state index in [2.05, 4.69) is 25.6 Å². The van der Waals surface area contributed by atoms with E-state index in [1.54, 1.807) is 7.11 Å². The topological polar surface area (TPSA) is 9.23 Å². The maximum Gasteiger partial charge on any atom is 0.0829 e. The van der Waals surface area contributed by atoms with E-state index in [1.165, 1.54) is 5.56 Å². The lowest BCUT2D eigenvalue weighted by Crippen LogP contribution is -2.00. The van der Waals surface area contributed by atoms with E-state index in [9.17, 15) is 0 Å². The summed E-state index contributed by atoms with van der Waals surface area (Å²) in [6.07, 6.45) is 1.16. The third-order valence-corrected chi connectivity index (χ3v) is 2.35. The van der Waals surface area contributed by atoms with Gasteiger partial charge in [0.25, 0.3) is 0 Å². The zero-order valence-corrected chi connectivity index (χ0v) is 8.34. The predicted molar refractivity (Wildman–Crippen MR) is 53.7 cm³/mol. The standard InChI is InChI=1S/C10H14OS/c1-3-9(11-2)8-6-4-5-7-10(8)12/h4-7,9,12H,3H2,1-2H3/t9-/m0/s1. The molecule has 0 aliphatic rings. The molecule has 1 atom stereocenters. The zero-order chi connectivity index (χ0) is 8.97. The van der Waals surface area contributed by atoms with Gasteiger partial charge in [-0.3, -0.25) is 0 Å². The Labute approximate surface area is 79.2 Å². The highest BCUT2D eigenvalue weighted by molar-refractivity contribution is 7.80. The van der Waals surface area contributed by atoms with Crippen molar-refractivity contribution in [3.05, 3.63) is 29.8 Å². The zero-order valence-electron chi connectivity index (χ0n) is 7.45. The van der Waals surface area contributed by atoms with Crippen molar-refractivity contribution in [1.82, 2.24) is 0 Å². The molecule has 12 heavy (non-hydrogen) atoms. The number of rotatable bonds is 3. The van der Waals surface area contributed by atoms with Gasteiger partial charge in [-0.25, -0.2) is 0 Å². The lowest BCUT2D eigenvalue weighted by Gasteiger charge is -2.14. The molecule has 1 nitrogen and oxygen atoms in total. The minimum Gasteiger partial charge on any atom is -0.377 e. The maximum absolute atomic E-state index is 5.32. The molecule has 0 amide bonds. The molecule has 66 valence electrons. The van der Waals surface area contributed by atoms with Crippen LogP contribution in [0.3, 0.4) is 0 Å². The molecular formula is C10H14OS. The van der Waals surface area contributed by atoms with E-state index in [-0.39, 0.29) is 6.10 Å². The molecule has 0 radical (unpaired) electrons. The van der Waals surface area contributed by atoms with Gasteiger partial charge in [-0.05, 0) is 18.1 Å². The van der Waals surface area contributed by atoms with Gasteiger partial charge in [-0.15, -0.1) is 12.6 Å². The summed E-state index contributed by atoms with van der Waals surface area (Å²) in [5.41, 5.74) is 1.17. The van der Waals surface area contributed by atoms with Crippen molar-refractivity contribution in [2.24, 2.45) is 0 Å². The van der Waals surface area contributed by atoms with Crippen LogP contribution in [0.15, 0.2) is 29.2 Å². The van der Waals surface area contributed by atoms with Crippen LogP contribution in [-0.4, -0.2) is 7.11 Å². The monoisotopic (exact) mass is 182 g/mol. The molecule has 0 aromatic heterocycles. The molecule has 0 aliphatic carbocycles. The Hall–Kier alpha value is -0.470. The molecule has 0 fully saturated rings. The van der Waals surface area contributed by atoms with Gasteiger partial charge in [0.2, 0.25) is 0 Å². The minimum atomic E-state index is 0.179. The van der Waals surface area contributed by atoms with Crippen LogP contribution in [0.1, 0.15) is 25.0 Å². The van der Waals surface area contributed by atoms with E-state index in [0.717, 1.165) is 11.3 Å². The van der Waals surface area contributed by atoms with E-state index in [4.69, 9.17) is 4.74 Å². The fourth-order valence-electron chi connectivity index (χ4n) is 1.27. The first-order valence-corrected chi connectivity index (χ1v) is 4.55. The summed E-state index contributed by atoms with van der Waals surface area (Å²) in [4.78, 5) is 1.01. The molecular weight excluding hydrogens is 168 g/mol. The number of benzene rings is 1. The Kier molecular flexibility index (Phi) is 3.63. The molecule has 1 aromatic rings. The smallest absolute Gasteiger partial charge is 0.0829 e. The normalized spacial score (nSPS) is 12.9. The highest BCUT2D eigenvalue weighted by Gasteiger charge is 2.09. The molecule has 0 saturated heterocycles. The van der Waals surface area contributed by atoms with E-state index >= 15 is 0 Å². The SMILES string of the molecule is CC[C@H](OC)c1ccccc1S. The molecule has 0 heterocycles. The molecule has 0 aliphatic heterocycles. The quantitative estimate of drug-likeness (QED) is 0.707. The van der Waals surface area contributed by atoms with Crippen molar-refractivity contribution in [3.8, 4) is 0 Å². The number of thiol groups is 1. The van der Waals surface area contributed by atoms with Crippen molar-refractivity contribution in [3.63, 3.8) is 0 Å². The fourth-order valence-corrected chi connectivity index (χ4v) is 1.58. The summed E-state index contributed by atoms with van der Waals surface area (Å²) in [6, 6.07) is 8.03. The number of hydrogen-bond acceptors (Lipinski definition) is 2. The summed E-state index contributed by atoms with van der Waals surface area (Å²) in [5.74, 6) is 0. The Morgan fingerprint density at radius 3 is 2.58 bits per heavy atom. The van der Waals surface area contributed by atoms with Crippen LogP contribution in [-0.2, 0) is 4.74 Å². The van der Waals surface area contributed by atoms with Gasteiger partial charge in [-0.1, -0.05) is 25.1 Å². The first-order chi connectivity index (χ1) is 5.79. The highest BCUT2D eigenvalue weighted by atomic mass is 32.1. The van der Waals surface area contributed by atoms with Gasteiger partial charge >= 0.3 is 0 Å². The molecule has 0 saturated carbocycles. The van der Waals surface area contributed by atoms with Crippen LogP contribution in [0, 0.1) is 0 Å². The second-order valence-electron chi connectivity index (χ2n) is 2.69. The van der Waals surface area contributed by atoms with Gasteiger partial charge in [0.1, 0.15) is 0 Å². The van der Waals surface area contributed by atoms with Crippen molar-refractivity contribution >= 4 is 12.6 Å². The third-order valence-electron chi connectivity index (χ3n) is 1.94. The average molecular weight is 182 g/mol. The second kappa shape index (κ2) is 4.53. The van der Waals surface area contributed by atoms with Crippen LogP contribution in [0.4, 0.5) is 0 Å². The largest absolute Gasteiger partial charge is 0.377 e. The van der Waals surface area contributed by atoms with Gasteiger partial charge in [0, 0.05) is 12.0 Å². The molecule has 1 rings (SSSR count). The first-order valence-electron chi connectivity index (χ1n) is 4.10. The summed E-state index contributed by atoms with van der Waals surface area (Å²) in [7, 11) is 1.73. The third kappa shape index (κ3) is 2.02. The van der Waals surface area contributed by atoms with Gasteiger partial charge < -0.3 is 4.74 Å². The summed E-state index contributed by atoms with van der Waals surface area (Å²) < 4.78 is 5.32. The fraction of sp³-hybridized carbons (Fsp3) is 0.400. The minimum absolute atomic E-state index is 0.179. The second-order valence-corrected chi connectivity index (χ2v) is 3.17. The average Bonchev–Trinajstić information content (AvgIpc) is 2.10. The molecule has 0 unspecified atom stereocenters. The lowest BCUT2D eigenvalue weighted by atomic mass is 10.1. The van der Waals surface area contributed by atoms with Crippen LogP contribution in [0.25, 0.3) is 0 Å². The summed E-state index contributed by atoms with van der Waals surface area (Å²) in [5, 5.41) is 0. The maximum atomic E-state index is 5.32. The predicted octanol–water partition coefficient (Wildman–Crippen LogP) is 3.07. The van der Waals surface area contributed by atoms with Gasteiger partial charge in [-0.2, -0.15) is 0 Å². The lowest BCUT2D eigenvalue weighted by molar-refractivity contribution is 0.0979. The Balaban J connectivity index is 2.92. The Bertz CT molecular complexity index is 243. The van der Waals surface area contributed by atoms with Gasteiger partial charge in [0.05, 0.1) is 6.10 Å². The van der Waals surface area contributed by atoms with E-state index in [0.29, 0.717) is 0 Å². The molecule has 0 spiro atoms. The van der Waals surface area contributed by atoms with Crippen LogP contribution in [0.5, 0.6) is 0 Å². The number of ether oxygens (including phenoxy) is 1. The van der Waals surface area contributed by atoms with Crippen molar-refractivity contribution in [2.45, 2.75) is 24.3 Å². The van der Waals surface area contributed by atoms with E-state index in [1.807, 2.05) is 18.2 Å². The highest BCUT2D eigenvalue weighted by Crippen LogP contribution is 2.25. The van der Waals surface area contributed by atoms with Crippen molar-refractivity contribution in [2.75, 3.05) is 7.11 Å². The Morgan fingerprint density at radius 1 is 1.42 bits per heavy atom. The first kappa shape index (κ1) is 9.62. The van der Waals surface area contributed by atoms with Crippen molar-refractivity contribution < 1.29 is 4.74 Å². The van der Waals surface area contributed by atoms with Crippen LogP contribution < -0.4 is 0 Å². The van der Waals surface area contributed by atoms with E-state index < -0.39 is 0 Å². The molecule has 0 bridgehead atoms. The Morgan fingerprint density at radius 2 is 2.08 bits per heavy atom. The molecule has 0 N–H and O–H groups in total. The number of methoxy groups -OCH3 is 1. The van der Waals surface area contributed by atoms with Gasteiger partial charge in [0.15, 0.2) is 0 Å². The van der Waals surface area contributed by atoms with Crippen molar-refractivity contribution in [1.29, 1.82) is 0 Å². The van der Waals surface area contributed by atoms with Crippen LogP contribution >= 0.6 is 12.6 Å². The molecule has 1 aromatic carbocycles. The molecule has 2 heteroatoms. The summed E-state index contributed by atoms with van der Waals surface area (Å²) in [6.45, 7) is 2.11.